The zero-order valence-electron chi connectivity index (χ0n) is 24.3. The summed E-state index contributed by atoms with van der Waals surface area (Å²) in [6, 6.07) is 16.5. The molecule has 5 rings (SSSR count). The SMILES string of the molecule is CCOC(=O)C1C(=O)C2=C(c3c(C)nn(C)c3NC2c2ccc(N(C)C)cc2)C(C(=O)OCC)C1c1ccccc1. The summed E-state index contributed by atoms with van der Waals surface area (Å²) in [4.78, 5) is 44.3. The number of benzene rings is 2. The van der Waals surface area contributed by atoms with Crippen LogP contribution in [-0.4, -0.2) is 54.8 Å². The van der Waals surface area contributed by atoms with Crippen molar-refractivity contribution >= 4 is 34.8 Å². The first-order valence-electron chi connectivity index (χ1n) is 13.9. The zero-order chi connectivity index (χ0) is 29.4. The summed E-state index contributed by atoms with van der Waals surface area (Å²) in [5, 5.41) is 8.18. The smallest absolute Gasteiger partial charge is 0.317 e. The highest BCUT2D eigenvalue weighted by molar-refractivity contribution is 6.19. The normalized spacial score (nSPS) is 21.5. The molecule has 0 saturated heterocycles. The van der Waals surface area contributed by atoms with Gasteiger partial charge in [-0.3, -0.25) is 19.1 Å². The fourth-order valence-corrected chi connectivity index (χ4v) is 6.20. The molecular formula is C32H36N4O5. The number of nitrogens with zero attached hydrogens (tertiary/aromatic N) is 3. The molecular weight excluding hydrogens is 520 g/mol. The number of aromatic nitrogens is 2. The molecule has 214 valence electrons. The zero-order valence-corrected chi connectivity index (χ0v) is 24.3. The van der Waals surface area contributed by atoms with E-state index >= 15 is 0 Å². The molecule has 2 heterocycles. The van der Waals surface area contributed by atoms with E-state index in [0.717, 1.165) is 11.3 Å². The van der Waals surface area contributed by atoms with Crippen LogP contribution in [0.25, 0.3) is 5.57 Å². The molecule has 9 heteroatoms. The van der Waals surface area contributed by atoms with Gasteiger partial charge in [-0.25, -0.2) is 0 Å². The van der Waals surface area contributed by atoms with Crippen LogP contribution in [0.3, 0.4) is 0 Å². The van der Waals surface area contributed by atoms with Gasteiger partial charge in [0.1, 0.15) is 11.7 Å². The second kappa shape index (κ2) is 11.2. The summed E-state index contributed by atoms with van der Waals surface area (Å²) >= 11 is 0. The molecule has 4 atom stereocenters. The summed E-state index contributed by atoms with van der Waals surface area (Å²) in [6.45, 7) is 5.58. The van der Waals surface area contributed by atoms with Gasteiger partial charge in [-0.2, -0.15) is 5.10 Å². The van der Waals surface area contributed by atoms with Crippen LogP contribution in [0.4, 0.5) is 11.5 Å². The lowest BCUT2D eigenvalue weighted by atomic mass is 9.61. The topological polar surface area (TPSA) is 103 Å². The molecule has 41 heavy (non-hydrogen) atoms. The van der Waals surface area contributed by atoms with Crippen molar-refractivity contribution in [2.24, 2.45) is 18.9 Å². The monoisotopic (exact) mass is 556 g/mol. The highest BCUT2D eigenvalue weighted by atomic mass is 16.5. The largest absolute Gasteiger partial charge is 0.466 e. The van der Waals surface area contributed by atoms with Crippen molar-refractivity contribution in [3.05, 3.63) is 82.6 Å². The third kappa shape index (κ3) is 4.79. The van der Waals surface area contributed by atoms with Gasteiger partial charge < -0.3 is 19.7 Å². The number of Topliss-reactive ketones (excluding diaryl/α,β-unsaturated/α-hetero) is 1. The van der Waals surface area contributed by atoms with E-state index in [1.165, 1.54) is 0 Å². The number of rotatable bonds is 7. The second-order valence-electron chi connectivity index (χ2n) is 10.6. The van der Waals surface area contributed by atoms with Gasteiger partial charge >= 0.3 is 11.9 Å². The molecule has 1 aromatic heterocycles. The predicted octanol–water partition coefficient (Wildman–Crippen LogP) is 4.44. The standard InChI is InChI=1S/C32H36N4O5/c1-7-40-31(38)25-23(19-12-10-9-11-13-19)27(32(39)41-8-2)29(37)26-24(25)22-18(3)34-36(6)30(22)33-28(26)20-14-16-21(17-15-20)35(4)5/h9-17,23,25,27-28,33H,7-8H2,1-6H3. The quantitative estimate of drug-likeness (QED) is 0.337. The Kier molecular flexibility index (Phi) is 7.71. The van der Waals surface area contributed by atoms with Gasteiger partial charge in [-0.15, -0.1) is 0 Å². The number of anilines is 2. The van der Waals surface area contributed by atoms with E-state index < -0.39 is 35.7 Å². The minimum atomic E-state index is -1.23. The lowest BCUT2D eigenvalue weighted by Gasteiger charge is -2.42. The number of esters is 2. The highest BCUT2D eigenvalue weighted by Gasteiger charge is 2.55. The van der Waals surface area contributed by atoms with Gasteiger partial charge in [-0.1, -0.05) is 42.5 Å². The van der Waals surface area contributed by atoms with Crippen LogP contribution >= 0.6 is 0 Å². The highest BCUT2D eigenvalue weighted by Crippen LogP contribution is 2.55. The number of aryl methyl sites for hydroxylation is 2. The first kappa shape index (κ1) is 28.1. The number of fused-ring (bicyclic) bond motifs is 2. The maximum Gasteiger partial charge on any atom is 0.317 e. The Labute approximate surface area is 240 Å². The van der Waals surface area contributed by atoms with Crippen molar-refractivity contribution < 1.29 is 23.9 Å². The summed E-state index contributed by atoms with van der Waals surface area (Å²) in [5.41, 5.74) is 4.81. The number of carbonyl (C=O) groups is 3. The lowest BCUT2D eigenvalue weighted by Crippen LogP contribution is -2.46. The third-order valence-corrected chi connectivity index (χ3v) is 7.94. The van der Waals surface area contributed by atoms with Gasteiger partial charge in [0.05, 0.1) is 30.9 Å². The Bertz CT molecular complexity index is 1510. The Morgan fingerprint density at radius 2 is 1.51 bits per heavy atom. The molecule has 4 unspecified atom stereocenters. The molecule has 0 amide bonds. The third-order valence-electron chi connectivity index (χ3n) is 7.94. The molecule has 1 aliphatic carbocycles. The average molecular weight is 557 g/mol. The first-order valence-corrected chi connectivity index (χ1v) is 13.9. The van der Waals surface area contributed by atoms with Crippen molar-refractivity contribution in [3.8, 4) is 0 Å². The van der Waals surface area contributed by atoms with Crippen molar-refractivity contribution in [1.82, 2.24) is 9.78 Å². The van der Waals surface area contributed by atoms with Crippen molar-refractivity contribution in [2.75, 3.05) is 37.5 Å². The van der Waals surface area contributed by atoms with Crippen LogP contribution in [0.15, 0.2) is 60.2 Å². The molecule has 0 bridgehead atoms. The molecule has 0 radical (unpaired) electrons. The fourth-order valence-electron chi connectivity index (χ4n) is 6.20. The Hall–Kier alpha value is -4.40. The second-order valence-corrected chi connectivity index (χ2v) is 10.6. The lowest BCUT2D eigenvalue weighted by molar-refractivity contribution is -0.154. The van der Waals surface area contributed by atoms with Crippen LogP contribution in [-0.2, 0) is 30.9 Å². The van der Waals surface area contributed by atoms with E-state index in [0.29, 0.717) is 33.8 Å². The molecule has 1 N–H and O–H groups in total. The number of ketones is 1. The van der Waals surface area contributed by atoms with E-state index in [9.17, 15) is 14.4 Å². The van der Waals surface area contributed by atoms with Crippen LogP contribution in [0, 0.1) is 18.8 Å². The Morgan fingerprint density at radius 3 is 2.10 bits per heavy atom. The number of hydrogen-bond acceptors (Lipinski definition) is 8. The van der Waals surface area contributed by atoms with Crippen LogP contribution in [0.5, 0.6) is 0 Å². The van der Waals surface area contributed by atoms with E-state index in [-0.39, 0.29) is 19.0 Å². The Balaban J connectivity index is 1.83. The summed E-state index contributed by atoms with van der Waals surface area (Å²) < 4.78 is 12.9. The average Bonchev–Trinajstić information content (AvgIpc) is 3.25. The van der Waals surface area contributed by atoms with Crippen molar-refractivity contribution in [3.63, 3.8) is 0 Å². The van der Waals surface area contributed by atoms with Gasteiger partial charge in [0.25, 0.3) is 0 Å². The number of carbonyl (C=O) groups excluding carboxylic acids is 3. The van der Waals surface area contributed by atoms with Crippen LogP contribution < -0.4 is 10.2 Å². The maximum atomic E-state index is 14.7. The molecule has 9 nitrogen and oxygen atoms in total. The molecule has 0 spiro atoms. The molecule has 1 aliphatic heterocycles. The summed E-state index contributed by atoms with van der Waals surface area (Å²) in [7, 11) is 5.75. The summed E-state index contributed by atoms with van der Waals surface area (Å²) in [6.07, 6.45) is 0. The van der Waals surface area contributed by atoms with Gasteiger partial charge in [-0.05, 0) is 49.6 Å². The van der Waals surface area contributed by atoms with Crippen molar-refractivity contribution in [1.29, 1.82) is 0 Å². The van der Waals surface area contributed by atoms with E-state index in [1.54, 1.807) is 18.5 Å². The first-order chi connectivity index (χ1) is 19.7. The molecule has 3 aromatic rings. The van der Waals surface area contributed by atoms with Crippen LogP contribution in [0.2, 0.25) is 0 Å². The predicted molar refractivity (Wildman–Crippen MR) is 156 cm³/mol. The van der Waals surface area contributed by atoms with Crippen LogP contribution in [0.1, 0.15) is 48.2 Å². The van der Waals surface area contributed by atoms with Crippen molar-refractivity contribution in [2.45, 2.75) is 32.7 Å². The molecule has 0 saturated carbocycles. The fraction of sp³-hybridized carbons (Fsp3) is 0.375. The number of ether oxygens (including phenoxy) is 2. The number of nitrogens with one attached hydrogen (secondary N) is 1. The molecule has 2 aliphatic rings. The number of hydrogen-bond donors (Lipinski definition) is 1. The van der Waals surface area contributed by atoms with E-state index in [1.807, 2.05) is 87.6 Å². The summed E-state index contributed by atoms with van der Waals surface area (Å²) in [5.74, 6) is -3.79. The Morgan fingerprint density at radius 1 is 0.902 bits per heavy atom. The van der Waals surface area contributed by atoms with E-state index in [4.69, 9.17) is 9.47 Å². The van der Waals surface area contributed by atoms with Gasteiger partial charge in [0.2, 0.25) is 0 Å². The van der Waals surface area contributed by atoms with Gasteiger partial charge in [0.15, 0.2) is 5.78 Å². The molecule has 0 fully saturated rings. The van der Waals surface area contributed by atoms with E-state index in [2.05, 4.69) is 10.4 Å². The molecule has 2 aromatic carbocycles. The minimum Gasteiger partial charge on any atom is -0.466 e. The maximum absolute atomic E-state index is 14.7. The minimum absolute atomic E-state index is 0.111. The van der Waals surface area contributed by atoms with Gasteiger partial charge in [0, 0.05) is 43.9 Å².